The predicted molar refractivity (Wildman–Crippen MR) is 69.1 cm³/mol. The van der Waals surface area contributed by atoms with E-state index in [1.807, 2.05) is 20.8 Å². The third kappa shape index (κ3) is 6.48. The molecule has 0 atom stereocenters. The van der Waals surface area contributed by atoms with Gasteiger partial charge in [-0.1, -0.05) is 0 Å². The van der Waals surface area contributed by atoms with Crippen molar-refractivity contribution in [1.29, 1.82) is 0 Å². The summed E-state index contributed by atoms with van der Waals surface area (Å²) in [7, 11) is 0. The Kier molecular flexibility index (Phi) is 6.49. The Labute approximate surface area is 109 Å². The molecule has 3 N–H and O–H groups in total. The highest BCUT2D eigenvalue weighted by Gasteiger charge is 2.24. The molecule has 1 rings (SSSR count). The van der Waals surface area contributed by atoms with Crippen molar-refractivity contribution in [3.63, 3.8) is 0 Å². The number of rotatable bonds is 4. The van der Waals surface area contributed by atoms with Crippen molar-refractivity contribution >= 4 is 24.2 Å². The molecule has 0 bridgehead atoms. The second kappa shape index (κ2) is 6.81. The number of carbonyl (C=O) groups excluding carboxylic acids is 2. The van der Waals surface area contributed by atoms with Crippen LogP contribution < -0.4 is 16.0 Å². The first-order valence-corrected chi connectivity index (χ1v) is 5.68. The molecule has 0 aromatic carbocycles. The van der Waals surface area contributed by atoms with Gasteiger partial charge < -0.3 is 16.0 Å². The molecular weight excluding hydrogens is 242 g/mol. The number of nitrogens with one attached hydrogen (secondary N) is 3. The van der Waals surface area contributed by atoms with Crippen molar-refractivity contribution in [2.45, 2.75) is 32.7 Å². The second-order valence-electron chi connectivity index (χ2n) is 5.19. The van der Waals surface area contributed by atoms with Crippen LogP contribution in [0.3, 0.4) is 0 Å². The van der Waals surface area contributed by atoms with Crippen molar-refractivity contribution in [3.05, 3.63) is 0 Å². The van der Waals surface area contributed by atoms with Gasteiger partial charge in [0, 0.05) is 31.6 Å². The molecule has 0 spiro atoms. The first-order chi connectivity index (χ1) is 7.38. The van der Waals surface area contributed by atoms with Crippen LogP contribution in [0.25, 0.3) is 0 Å². The quantitative estimate of drug-likeness (QED) is 0.671. The fourth-order valence-electron chi connectivity index (χ4n) is 1.40. The Morgan fingerprint density at radius 2 is 1.88 bits per heavy atom. The lowest BCUT2D eigenvalue weighted by molar-refractivity contribution is -0.126. The van der Waals surface area contributed by atoms with E-state index in [9.17, 15) is 9.59 Å². The maximum atomic E-state index is 11.4. The Bertz CT molecular complexity index is 272. The summed E-state index contributed by atoms with van der Waals surface area (Å²) in [5.74, 6) is 0.104. The zero-order chi connectivity index (χ0) is 12.2. The molecule has 0 unspecified atom stereocenters. The minimum absolute atomic E-state index is 0. The highest BCUT2D eigenvalue weighted by Crippen LogP contribution is 2.02. The summed E-state index contributed by atoms with van der Waals surface area (Å²) in [5, 5.41) is 8.64. The van der Waals surface area contributed by atoms with Gasteiger partial charge in [-0.2, -0.15) is 0 Å². The summed E-state index contributed by atoms with van der Waals surface area (Å²) in [4.78, 5) is 22.8. The van der Waals surface area contributed by atoms with Crippen molar-refractivity contribution in [3.8, 4) is 0 Å². The van der Waals surface area contributed by atoms with Gasteiger partial charge in [-0.3, -0.25) is 9.59 Å². The van der Waals surface area contributed by atoms with Gasteiger partial charge in [0.25, 0.3) is 0 Å². The molecule has 100 valence electrons. The molecular formula is C11H22ClN3O2. The molecule has 2 amide bonds. The van der Waals surface area contributed by atoms with Gasteiger partial charge in [0.15, 0.2) is 0 Å². The van der Waals surface area contributed by atoms with Crippen LogP contribution in [0.5, 0.6) is 0 Å². The third-order valence-corrected chi connectivity index (χ3v) is 2.32. The molecule has 6 heteroatoms. The molecule has 0 aromatic heterocycles. The Morgan fingerprint density at radius 1 is 1.29 bits per heavy atom. The molecule has 0 saturated carbocycles. The van der Waals surface area contributed by atoms with Gasteiger partial charge in [0.2, 0.25) is 11.8 Å². The number of hydrogen-bond acceptors (Lipinski definition) is 3. The maximum absolute atomic E-state index is 11.4. The van der Waals surface area contributed by atoms with Crippen LogP contribution in [-0.2, 0) is 9.59 Å². The molecule has 1 aliphatic heterocycles. The van der Waals surface area contributed by atoms with Gasteiger partial charge in [-0.25, -0.2) is 0 Å². The van der Waals surface area contributed by atoms with Gasteiger partial charge in [-0.15, -0.1) is 12.4 Å². The van der Waals surface area contributed by atoms with Crippen molar-refractivity contribution < 1.29 is 9.59 Å². The molecule has 0 aliphatic carbocycles. The number of carbonyl (C=O) groups is 2. The van der Waals surface area contributed by atoms with Crippen LogP contribution in [-0.4, -0.2) is 37.0 Å². The van der Waals surface area contributed by atoms with E-state index < -0.39 is 0 Å². The van der Waals surface area contributed by atoms with E-state index in [4.69, 9.17) is 0 Å². The molecule has 17 heavy (non-hydrogen) atoms. The van der Waals surface area contributed by atoms with Gasteiger partial charge in [0.1, 0.15) is 0 Å². The zero-order valence-corrected chi connectivity index (χ0v) is 11.4. The topological polar surface area (TPSA) is 70.2 Å². The zero-order valence-electron chi connectivity index (χ0n) is 10.6. The molecule has 1 fully saturated rings. The Balaban J connectivity index is 0.00000256. The SMILES string of the molecule is CC(C)(C)NC(=O)CCNC(=O)C1CNC1.Cl. The van der Waals surface area contributed by atoms with Crippen LogP contribution in [0.1, 0.15) is 27.2 Å². The maximum Gasteiger partial charge on any atom is 0.225 e. The van der Waals surface area contributed by atoms with Crippen LogP contribution >= 0.6 is 12.4 Å². The third-order valence-electron chi connectivity index (χ3n) is 2.32. The summed E-state index contributed by atoms with van der Waals surface area (Å²) in [6.45, 7) is 7.72. The summed E-state index contributed by atoms with van der Waals surface area (Å²) < 4.78 is 0. The number of hydrogen-bond donors (Lipinski definition) is 3. The van der Waals surface area contributed by atoms with E-state index in [1.54, 1.807) is 0 Å². The highest BCUT2D eigenvalue weighted by atomic mass is 35.5. The van der Waals surface area contributed by atoms with Crippen LogP contribution in [0.4, 0.5) is 0 Å². The van der Waals surface area contributed by atoms with Crippen LogP contribution in [0.2, 0.25) is 0 Å². The fraction of sp³-hybridized carbons (Fsp3) is 0.818. The summed E-state index contributed by atoms with van der Waals surface area (Å²) >= 11 is 0. The van der Waals surface area contributed by atoms with Crippen molar-refractivity contribution in [1.82, 2.24) is 16.0 Å². The van der Waals surface area contributed by atoms with E-state index in [0.717, 1.165) is 13.1 Å². The van der Waals surface area contributed by atoms with Crippen LogP contribution in [0.15, 0.2) is 0 Å². The lowest BCUT2D eigenvalue weighted by Crippen LogP contribution is -2.51. The summed E-state index contributed by atoms with van der Waals surface area (Å²) in [6.07, 6.45) is 0.336. The van der Waals surface area contributed by atoms with E-state index in [1.165, 1.54) is 0 Å². The number of amides is 2. The van der Waals surface area contributed by atoms with Crippen LogP contribution in [0, 0.1) is 5.92 Å². The van der Waals surface area contributed by atoms with Crippen molar-refractivity contribution in [2.75, 3.05) is 19.6 Å². The minimum Gasteiger partial charge on any atom is -0.355 e. The van der Waals surface area contributed by atoms with E-state index in [0.29, 0.717) is 13.0 Å². The van der Waals surface area contributed by atoms with Gasteiger partial charge in [0.05, 0.1) is 5.92 Å². The monoisotopic (exact) mass is 263 g/mol. The largest absolute Gasteiger partial charge is 0.355 e. The van der Waals surface area contributed by atoms with Gasteiger partial charge in [-0.05, 0) is 20.8 Å². The Hall–Kier alpha value is -0.810. The molecule has 1 aliphatic rings. The normalized spacial score (nSPS) is 15.5. The van der Waals surface area contributed by atoms with Gasteiger partial charge >= 0.3 is 0 Å². The lowest BCUT2D eigenvalue weighted by atomic mass is 10.0. The summed E-state index contributed by atoms with van der Waals surface area (Å²) in [6, 6.07) is 0. The summed E-state index contributed by atoms with van der Waals surface area (Å²) in [5.41, 5.74) is -0.209. The van der Waals surface area contributed by atoms with Crippen molar-refractivity contribution in [2.24, 2.45) is 5.92 Å². The molecule has 0 radical (unpaired) electrons. The average molecular weight is 264 g/mol. The highest BCUT2D eigenvalue weighted by molar-refractivity contribution is 5.85. The Morgan fingerprint density at radius 3 is 2.29 bits per heavy atom. The second-order valence-corrected chi connectivity index (χ2v) is 5.19. The smallest absolute Gasteiger partial charge is 0.225 e. The molecule has 0 aromatic rings. The predicted octanol–water partition coefficient (Wildman–Crippen LogP) is 0.0486. The molecule has 1 saturated heterocycles. The van der Waals surface area contributed by atoms with E-state index in [2.05, 4.69) is 16.0 Å². The number of halogens is 1. The minimum atomic E-state index is -0.209. The standard InChI is InChI=1S/C11H21N3O2.ClH/c1-11(2,3)14-9(15)4-5-13-10(16)8-6-12-7-8;/h8,12H,4-7H2,1-3H3,(H,13,16)(H,14,15);1H. The molecule has 1 heterocycles. The lowest BCUT2D eigenvalue weighted by Gasteiger charge is -2.26. The first-order valence-electron chi connectivity index (χ1n) is 5.68. The van der Waals surface area contributed by atoms with E-state index >= 15 is 0 Å². The first kappa shape index (κ1) is 16.2. The average Bonchev–Trinajstić information content (AvgIpc) is 1.96. The fourth-order valence-corrected chi connectivity index (χ4v) is 1.40. The molecule has 5 nitrogen and oxygen atoms in total. The van der Waals surface area contributed by atoms with E-state index in [-0.39, 0.29) is 35.7 Å².